The fourth-order valence-corrected chi connectivity index (χ4v) is 4.66. The van der Waals surface area contributed by atoms with E-state index in [1.165, 1.54) is 0 Å². The molecule has 0 fully saturated rings. The molecule has 2 N–H and O–H groups in total. The van der Waals surface area contributed by atoms with Crippen molar-refractivity contribution in [2.24, 2.45) is 0 Å². The average Bonchev–Trinajstić information content (AvgIpc) is 3.51. The second-order valence-corrected chi connectivity index (χ2v) is 10.0. The molecule has 1 atom stereocenters. The van der Waals surface area contributed by atoms with Crippen molar-refractivity contribution in [1.82, 2.24) is 30.8 Å². The molecule has 3 aromatic carbocycles. The van der Waals surface area contributed by atoms with Gasteiger partial charge < -0.3 is 10.2 Å². The summed E-state index contributed by atoms with van der Waals surface area (Å²) < 4.78 is 0. The third-order valence-corrected chi connectivity index (χ3v) is 6.92. The Morgan fingerprint density at radius 3 is 2.36 bits per heavy atom. The summed E-state index contributed by atoms with van der Waals surface area (Å²) in [7, 11) is 0. The van der Waals surface area contributed by atoms with E-state index in [0.29, 0.717) is 38.3 Å². The molecule has 0 saturated carbocycles. The second-order valence-electron chi connectivity index (χ2n) is 9.39. The first-order valence-corrected chi connectivity index (χ1v) is 13.8. The number of benzene rings is 3. The number of rotatable bonds is 13. The van der Waals surface area contributed by atoms with Gasteiger partial charge in [0.1, 0.15) is 0 Å². The lowest BCUT2D eigenvalue weighted by molar-refractivity contribution is -0.132. The minimum absolute atomic E-state index is 0.0873. The van der Waals surface area contributed by atoms with E-state index < -0.39 is 5.25 Å². The van der Waals surface area contributed by atoms with E-state index in [1.807, 2.05) is 83.8 Å². The third-order valence-electron chi connectivity index (χ3n) is 6.50. The van der Waals surface area contributed by atoms with Crippen LogP contribution in [0.3, 0.4) is 0 Å². The number of nitrogens with one attached hydrogen (secondary N) is 2. The van der Waals surface area contributed by atoms with Crippen LogP contribution in [0.2, 0.25) is 0 Å². The Bertz CT molecular complexity index is 1330. The molecule has 1 unspecified atom stereocenters. The minimum atomic E-state index is -0.445. The number of hydrogen-bond donors (Lipinski definition) is 3. The molecule has 0 saturated heterocycles. The van der Waals surface area contributed by atoms with Crippen molar-refractivity contribution in [3.8, 4) is 22.5 Å². The Kier molecular flexibility index (Phi) is 10.2. The highest BCUT2D eigenvalue weighted by atomic mass is 32.1. The van der Waals surface area contributed by atoms with Crippen molar-refractivity contribution < 1.29 is 9.59 Å². The molecule has 0 aliphatic carbocycles. The fourth-order valence-electron chi connectivity index (χ4n) is 4.36. The number of unbranched alkanes of at least 4 members (excludes halogenated alkanes) is 1. The van der Waals surface area contributed by atoms with E-state index in [4.69, 9.17) is 0 Å². The predicted molar refractivity (Wildman–Crippen MR) is 156 cm³/mol. The van der Waals surface area contributed by atoms with Crippen LogP contribution in [0.5, 0.6) is 0 Å². The summed E-state index contributed by atoms with van der Waals surface area (Å²) >= 11 is 4.49. The number of hydrogen-bond acceptors (Lipinski definition) is 6. The van der Waals surface area contributed by atoms with Crippen molar-refractivity contribution in [2.45, 2.75) is 44.4 Å². The minimum Gasteiger partial charge on any atom is -0.353 e. The lowest BCUT2D eigenvalue weighted by atomic mass is 9.98. The zero-order valence-electron chi connectivity index (χ0n) is 22.1. The molecule has 0 radical (unpaired) electrons. The van der Waals surface area contributed by atoms with Crippen molar-refractivity contribution in [1.29, 1.82) is 0 Å². The molecule has 4 aromatic rings. The van der Waals surface area contributed by atoms with Crippen LogP contribution < -0.4 is 5.32 Å². The van der Waals surface area contributed by atoms with E-state index in [-0.39, 0.29) is 11.8 Å². The molecule has 1 heterocycles. The standard InChI is InChI=1S/C30H34N6O2S/c1-2-3-13-28(37)36(19-18-31-30(38)27(39)20-22-9-5-4-6-10-22)21-23-14-16-24(17-15-23)25-11-7-8-12-26(25)29-32-34-35-33-29/h4-12,14-17,27,39H,2-3,13,18-21H2,1H3,(H,31,38)(H,32,33,34,35). The van der Waals surface area contributed by atoms with Crippen LogP contribution in [0.15, 0.2) is 78.9 Å². The lowest BCUT2D eigenvalue weighted by Crippen LogP contribution is -2.40. The molecule has 0 spiro atoms. The number of thiol groups is 1. The Balaban J connectivity index is 1.39. The number of aromatic amines is 1. The monoisotopic (exact) mass is 542 g/mol. The summed E-state index contributed by atoms with van der Waals surface area (Å²) in [4.78, 5) is 27.4. The van der Waals surface area contributed by atoms with Gasteiger partial charge in [-0.1, -0.05) is 92.2 Å². The Hall–Kier alpha value is -3.98. The van der Waals surface area contributed by atoms with Crippen molar-refractivity contribution in [2.75, 3.05) is 13.1 Å². The average molecular weight is 543 g/mol. The summed E-state index contributed by atoms with van der Waals surface area (Å²) in [5.41, 5.74) is 4.99. The van der Waals surface area contributed by atoms with Gasteiger partial charge in [0.15, 0.2) is 0 Å². The highest BCUT2D eigenvalue weighted by Gasteiger charge is 2.17. The van der Waals surface area contributed by atoms with E-state index in [2.05, 4.69) is 45.5 Å². The summed E-state index contributed by atoms with van der Waals surface area (Å²) in [5, 5.41) is 16.9. The Labute approximate surface area is 234 Å². The normalized spacial score (nSPS) is 11.6. The summed E-state index contributed by atoms with van der Waals surface area (Å²) in [6.07, 6.45) is 2.83. The summed E-state index contributed by atoms with van der Waals surface area (Å²) in [6, 6.07) is 25.9. The van der Waals surface area contributed by atoms with Crippen LogP contribution >= 0.6 is 12.6 Å². The topological polar surface area (TPSA) is 104 Å². The molecule has 202 valence electrons. The van der Waals surface area contributed by atoms with Crippen LogP contribution in [0, 0.1) is 0 Å². The van der Waals surface area contributed by atoms with Gasteiger partial charge in [-0.25, -0.2) is 0 Å². The molecular formula is C30H34N6O2S. The first-order chi connectivity index (χ1) is 19.0. The molecule has 4 rings (SSSR count). The SMILES string of the molecule is CCCCC(=O)N(CCNC(=O)C(S)Cc1ccccc1)Cc1ccc(-c2ccccc2-c2nn[nH]n2)cc1. The molecule has 2 amide bonds. The maximum Gasteiger partial charge on any atom is 0.233 e. The van der Waals surface area contributed by atoms with Crippen LogP contribution in [-0.2, 0) is 22.6 Å². The Morgan fingerprint density at radius 2 is 1.67 bits per heavy atom. The molecule has 9 heteroatoms. The fraction of sp³-hybridized carbons (Fsp3) is 0.300. The molecule has 8 nitrogen and oxygen atoms in total. The van der Waals surface area contributed by atoms with E-state index in [0.717, 1.165) is 40.7 Å². The van der Waals surface area contributed by atoms with Gasteiger partial charge in [0, 0.05) is 31.6 Å². The molecule has 1 aromatic heterocycles. The van der Waals surface area contributed by atoms with Gasteiger partial charge in [-0.2, -0.15) is 17.8 Å². The number of aromatic nitrogens is 4. The third kappa shape index (κ3) is 8.00. The number of tetrazole rings is 1. The first kappa shape index (κ1) is 28.0. The van der Waals surface area contributed by atoms with E-state index in [9.17, 15) is 9.59 Å². The van der Waals surface area contributed by atoms with Gasteiger partial charge in [-0.3, -0.25) is 9.59 Å². The van der Waals surface area contributed by atoms with Crippen LogP contribution in [-0.4, -0.2) is 55.7 Å². The smallest absolute Gasteiger partial charge is 0.233 e. The number of nitrogens with zero attached hydrogens (tertiary/aromatic N) is 4. The number of carbonyl (C=O) groups is 2. The largest absolute Gasteiger partial charge is 0.353 e. The second kappa shape index (κ2) is 14.2. The number of H-pyrrole nitrogens is 1. The quantitative estimate of drug-likeness (QED) is 0.212. The summed E-state index contributed by atoms with van der Waals surface area (Å²) in [5.74, 6) is 0.494. The van der Waals surface area contributed by atoms with E-state index >= 15 is 0 Å². The molecule has 0 bridgehead atoms. The maximum absolute atomic E-state index is 13.0. The molecule has 0 aliphatic heterocycles. The van der Waals surface area contributed by atoms with Crippen molar-refractivity contribution in [3.05, 3.63) is 90.0 Å². The van der Waals surface area contributed by atoms with Gasteiger partial charge in [0.05, 0.1) is 5.25 Å². The van der Waals surface area contributed by atoms with Crippen molar-refractivity contribution >= 4 is 24.4 Å². The van der Waals surface area contributed by atoms with Crippen LogP contribution in [0.25, 0.3) is 22.5 Å². The number of carbonyl (C=O) groups excluding carboxylic acids is 2. The van der Waals surface area contributed by atoms with Gasteiger partial charge in [-0.15, -0.1) is 10.2 Å². The molecule has 0 aliphatic rings. The first-order valence-electron chi connectivity index (χ1n) is 13.2. The zero-order valence-corrected chi connectivity index (χ0v) is 23.0. The van der Waals surface area contributed by atoms with Gasteiger partial charge in [0.25, 0.3) is 0 Å². The maximum atomic E-state index is 13.0. The molecular weight excluding hydrogens is 508 g/mol. The lowest BCUT2D eigenvalue weighted by Gasteiger charge is -2.24. The summed E-state index contributed by atoms with van der Waals surface area (Å²) in [6.45, 7) is 3.35. The van der Waals surface area contributed by atoms with Crippen LogP contribution in [0.4, 0.5) is 0 Å². The zero-order chi connectivity index (χ0) is 27.5. The highest BCUT2D eigenvalue weighted by Crippen LogP contribution is 2.29. The Morgan fingerprint density at radius 1 is 0.949 bits per heavy atom. The van der Waals surface area contributed by atoms with E-state index in [1.54, 1.807) is 0 Å². The van der Waals surface area contributed by atoms with Gasteiger partial charge in [0.2, 0.25) is 17.6 Å². The van der Waals surface area contributed by atoms with Gasteiger partial charge in [-0.05, 0) is 40.3 Å². The predicted octanol–water partition coefficient (Wildman–Crippen LogP) is 4.71. The van der Waals surface area contributed by atoms with Gasteiger partial charge >= 0.3 is 0 Å². The van der Waals surface area contributed by atoms with Crippen LogP contribution in [0.1, 0.15) is 37.3 Å². The molecule has 39 heavy (non-hydrogen) atoms. The number of amides is 2. The van der Waals surface area contributed by atoms with Crippen molar-refractivity contribution in [3.63, 3.8) is 0 Å². The highest BCUT2D eigenvalue weighted by molar-refractivity contribution is 7.81.